The fourth-order valence-corrected chi connectivity index (χ4v) is 7.67. The molecule has 4 aliphatic rings. The summed E-state index contributed by atoms with van der Waals surface area (Å²) in [6, 6.07) is 0. The first-order chi connectivity index (χ1) is 13.5. The Kier molecular flexibility index (Phi) is 6.05. The van der Waals surface area contributed by atoms with Gasteiger partial charge in [-0.25, -0.2) is 0 Å². The molecule has 0 heterocycles. The number of carbonyl (C=O) groups excluding carboxylic acids is 1. The molecule has 0 radical (unpaired) electrons. The lowest BCUT2D eigenvalue weighted by molar-refractivity contribution is -0.168. The highest BCUT2D eigenvalue weighted by molar-refractivity contribution is 5.87. The molecule has 0 aromatic heterocycles. The molecule has 0 aromatic carbocycles. The van der Waals surface area contributed by atoms with E-state index in [1.807, 2.05) is 13.0 Å². The average Bonchev–Trinajstić information content (AvgIpc) is 2.89. The van der Waals surface area contributed by atoms with E-state index in [4.69, 9.17) is 4.74 Å². The van der Waals surface area contributed by atoms with Crippen LogP contribution in [0.1, 0.15) is 90.9 Å². The van der Waals surface area contributed by atoms with Gasteiger partial charge in [-0.15, -0.1) is 0 Å². The van der Waals surface area contributed by atoms with E-state index >= 15 is 0 Å². The molecule has 0 spiro atoms. The molecule has 7 unspecified atom stereocenters. The van der Waals surface area contributed by atoms with Gasteiger partial charge in [0.1, 0.15) is 5.78 Å². The first kappa shape index (κ1) is 20.6. The molecule has 3 saturated carbocycles. The van der Waals surface area contributed by atoms with E-state index in [2.05, 4.69) is 13.0 Å². The van der Waals surface area contributed by atoms with E-state index in [9.17, 15) is 9.90 Å². The van der Waals surface area contributed by atoms with Crippen molar-refractivity contribution < 1.29 is 14.6 Å². The zero-order valence-electron chi connectivity index (χ0n) is 18.0. The fraction of sp³-hybridized carbons (Fsp3) is 0.880. The van der Waals surface area contributed by atoms with Gasteiger partial charge >= 0.3 is 0 Å². The molecule has 3 nitrogen and oxygen atoms in total. The number of fused-ring (bicyclic) bond motifs is 4. The molecule has 158 valence electrons. The van der Waals surface area contributed by atoms with Gasteiger partial charge in [-0.3, -0.25) is 4.79 Å². The average molecular weight is 389 g/mol. The smallest absolute Gasteiger partial charge is 0.185 e. The van der Waals surface area contributed by atoms with E-state index in [0.29, 0.717) is 30.1 Å². The summed E-state index contributed by atoms with van der Waals surface area (Å²) in [4.78, 5) is 12.9. The van der Waals surface area contributed by atoms with Crippen molar-refractivity contribution in [3.63, 3.8) is 0 Å². The van der Waals surface area contributed by atoms with E-state index < -0.39 is 5.79 Å². The summed E-state index contributed by atoms with van der Waals surface area (Å²) in [6.45, 7) is 4.76. The minimum absolute atomic E-state index is 0.0348. The number of rotatable bonds is 4. The highest BCUT2D eigenvalue weighted by Crippen LogP contribution is 2.60. The summed E-state index contributed by atoms with van der Waals surface area (Å²) >= 11 is 0. The van der Waals surface area contributed by atoms with E-state index in [1.165, 1.54) is 32.1 Å². The van der Waals surface area contributed by atoms with Crippen molar-refractivity contribution in [2.75, 3.05) is 6.61 Å². The van der Waals surface area contributed by atoms with Crippen molar-refractivity contribution in [2.45, 2.75) is 96.7 Å². The second-order valence-electron chi connectivity index (χ2n) is 10.2. The van der Waals surface area contributed by atoms with Crippen LogP contribution < -0.4 is 0 Å². The monoisotopic (exact) mass is 388 g/mol. The summed E-state index contributed by atoms with van der Waals surface area (Å²) in [6.07, 6.45) is 17.7. The first-order valence-electron chi connectivity index (χ1n) is 12.1. The Labute approximate surface area is 171 Å². The summed E-state index contributed by atoms with van der Waals surface area (Å²) in [7, 11) is 0. The number of ether oxygens (including phenoxy) is 1. The molecule has 0 amide bonds. The standard InChI is InChI=1S/C25H40O3/c1-3-13-24-14-10-20-17-19-12-16-25(27,28-4-2)15-11-18(19)6-5-7-21(20)22(24)8-9-23(24)26/h11,15,18-22,27H,3-10,12-14,16-17H2,1-2H3. The van der Waals surface area contributed by atoms with Gasteiger partial charge in [0, 0.05) is 24.9 Å². The van der Waals surface area contributed by atoms with Gasteiger partial charge in [0.25, 0.3) is 0 Å². The van der Waals surface area contributed by atoms with Crippen LogP contribution in [0.2, 0.25) is 0 Å². The molecule has 4 aliphatic carbocycles. The number of hydrogen-bond donors (Lipinski definition) is 1. The highest BCUT2D eigenvalue weighted by Gasteiger charge is 2.55. The number of aliphatic hydroxyl groups is 1. The molecule has 3 heteroatoms. The zero-order valence-corrected chi connectivity index (χ0v) is 18.0. The van der Waals surface area contributed by atoms with Crippen LogP contribution in [0.25, 0.3) is 0 Å². The maximum atomic E-state index is 12.9. The molecule has 3 fully saturated rings. The van der Waals surface area contributed by atoms with Gasteiger partial charge in [0.05, 0.1) is 0 Å². The molecule has 0 aromatic rings. The maximum Gasteiger partial charge on any atom is 0.185 e. The first-order valence-corrected chi connectivity index (χ1v) is 12.1. The fourth-order valence-electron chi connectivity index (χ4n) is 7.67. The van der Waals surface area contributed by atoms with Crippen LogP contribution >= 0.6 is 0 Å². The Balaban J connectivity index is 1.51. The Bertz CT molecular complexity index is 599. The van der Waals surface area contributed by atoms with Gasteiger partial charge in [-0.1, -0.05) is 25.8 Å². The second-order valence-corrected chi connectivity index (χ2v) is 10.2. The summed E-state index contributed by atoms with van der Waals surface area (Å²) in [5.74, 6) is 2.97. The number of Topliss-reactive ketones (excluding diaryl/α,β-unsaturated/α-hetero) is 1. The van der Waals surface area contributed by atoms with Crippen LogP contribution in [-0.4, -0.2) is 23.3 Å². The highest BCUT2D eigenvalue weighted by atomic mass is 16.6. The van der Waals surface area contributed by atoms with E-state index in [0.717, 1.165) is 56.8 Å². The predicted octanol–water partition coefficient (Wildman–Crippen LogP) is 5.66. The molecule has 1 N–H and O–H groups in total. The minimum atomic E-state index is -1.06. The SMILES string of the molecule is CCCC12CCC3CC4CCC(O)(OCC)C=CC4CCCC3C1CCC2=O. The Morgan fingerprint density at radius 2 is 1.93 bits per heavy atom. The quantitative estimate of drug-likeness (QED) is 0.499. The van der Waals surface area contributed by atoms with Crippen LogP contribution in [-0.2, 0) is 9.53 Å². The second kappa shape index (κ2) is 8.22. The number of ketones is 1. The van der Waals surface area contributed by atoms with Crippen molar-refractivity contribution in [1.29, 1.82) is 0 Å². The Morgan fingerprint density at radius 1 is 1.11 bits per heavy atom. The van der Waals surface area contributed by atoms with Crippen molar-refractivity contribution >= 4 is 5.78 Å². The molecule has 28 heavy (non-hydrogen) atoms. The Hall–Kier alpha value is -0.670. The third kappa shape index (κ3) is 3.62. The summed E-state index contributed by atoms with van der Waals surface area (Å²) in [5, 5.41) is 10.8. The number of hydrogen-bond acceptors (Lipinski definition) is 3. The van der Waals surface area contributed by atoms with Crippen molar-refractivity contribution in [3.8, 4) is 0 Å². The molecule has 0 saturated heterocycles. The van der Waals surface area contributed by atoms with Crippen molar-refractivity contribution in [3.05, 3.63) is 12.2 Å². The predicted molar refractivity (Wildman–Crippen MR) is 112 cm³/mol. The van der Waals surface area contributed by atoms with Crippen LogP contribution in [0, 0.1) is 35.0 Å². The summed E-state index contributed by atoms with van der Waals surface area (Å²) < 4.78 is 5.67. The molecule has 0 bridgehead atoms. The van der Waals surface area contributed by atoms with Crippen molar-refractivity contribution in [1.82, 2.24) is 0 Å². The van der Waals surface area contributed by atoms with Gasteiger partial charge in [0.15, 0.2) is 5.79 Å². The van der Waals surface area contributed by atoms with E-state index in [-0.39, 0.29) is 5.41 Å². The normalized spacial score (nSPS) is 46.1. The molecule has 4 rings (SSSR count). The third-order valence-corrected chi connectivity index (χ3v) is 8.88. The summed E-state index contributed by atoms with van der Waals surface area (Å²) in [5.41, 5.74) is 0.0348. The largest absolute Gasteiger partial charge is 0.362 e. The zero-order chi connectivity index (χ0) is 19.8. The van der Waals surface area contributed by atoms with Crippen molar-refractivity contribution in [2.24, 2.45) is 35.0 Å². The van der Waals surface area contributed by atoms with Gasteiger partial charge in [-0.2, -0.15) is 0 Å². The Morgan fingerprint density at radius 3 is 2.71 bits per heavy atom. The lowest BCUT2D eigenvalue weighted by Gasteiger charge is -2.49. The van der Waals surface area contributed by atoms with Gasteiger partial charge in [-0.05, 0) is 94.0 Å². The molecule has 7 atom stereocenters. The van der Waals surface area contributed by atoms with Crippen LogP contribution in [0.4, 0.5) is 0 Å². The number of allylic oxidation sites excluding steroid dienone is 1. The minimum Gasteiger partial charge on any atom is -0.362 e. The van der Waals surface area contributed by atoms with Crippen LogP contribution in [0.5, 0.6) is 0 Å². The topological polar surface area (TPSA) is 46.5 Å². The maximum absolute atomic E-state index is 12.9. The van der Waals surface area contributed by atoms with Gasteiger partial charge < -0.3 is 9.84 Å². The van der Waals surface area contributed by atoms with Gasteiger partial charge in [0.2, 0.25) is 0 Å². The third-order valence-electron chi connectivity index (χ3n) is 8.88. The van der Waals surface area contributed by atoms with E-state index in [1.54, 1.807) is 0 Å². The van der Waals surface area contributed by atoms with Crippen LogP contribution in [0.15, 0.2) is 12.2 Å². The number of carbonyl (C=O) groups is 1. The van der Waals surface area contributed by atoms with Crippen LogP contribution in [0.3, 0.4) is 0 Å². The molecule has 0 aliphatic heterocycles. The lowest BCUT2D eigenvalue weighted by atomic mass is 9.54. The lowest BCUT2D eigenvalue weighted by Crippen LogP contribution is -2.44. The molecular weight excluding hydrogens is 348 g/mol. The molecular formula is C25H40O3.